The fourth-order valence-corrected chi connectivity index (χ4v) is 4.48. The molecule has 0 fully saturated rings. The number of rotatable bonds is 7. The predicted molar refractivity (Wildman–Crippen MR) is 146 cm³/mol. The summed E-state index contributed by atoms with van der Waals surface area (Å²) >= 11 is 0. The minimum atomic E-state index is -0.397. The Morgan fingerprint density at radius 2 is 1.59 bits per heavy atom. The monoisotopic (exact) mass is 489 g/mol. The zero-order chi connectivity index (χ0) is 25.6. The van der Waals surface area contributed by atoms with Crippen LogP contribution in [0, 0.1) is 11.8 Å². The number of methoxy groups -OCH3 is 1. The van der Waals surface area contributed by atoms with E-state index in [0.29, 0.717) is 17.8 Å². The molecule has 0 amide bonds. The summed E-state index contributed by atoms with van der Waals surface area (Å²) in [4.78, 5) is 13.2. The van der Waals surface area contributed by atoms with E-state index in [1.165, 1.54) is 0 Å². The first-order valence-corrected chi connectivity index (χ1v) is 12.2. The number of para-hydroxylation sites is 1. The van der Waals surface area contributed by atoms with Crippen LogP contribution in [0.5, 0.6) is 11.5 Å². The summed E-state index contributed by atoms with van der Waals surface area (Å²) in [6.45, 7) is 2.76. The molecule has 184 valence electrons. The van der Waals surface area contributed by atoms with Crippen LogP contribution < -0.4 is 9.47 Å². The summed E-state index contributed by atoms with van der Waals surface area (Å²) in [5, 5.41) is 3.05. The number of nitrogens with zero attached hydrogens (tertiary/aromatic N) is 1. The Labute approximate surface area is 216 Å². The molecule has 0 bridgehead atoms. The Kier molecular flexibility index (Phi) is 7.09. The molecule has 0 aliphatic heterocycles. The molecular formula is C32H27NO4. The van der Waals surface area contributed by atoms with Crippen LogP contribution >= 0.6 is 0 Å². The van der Waals surface area contributed by atoms with E-state index in [1.54, 1.807) is 14.0 Å². The lowest BCUT2D eigenvalue weighted by Gasteiger charge is -2.11. The van der Waals surface area contributed by atoms with Gasteiger partial charge in [-0.25, -0.2) is 4.79 Å². The standard InChI is InChI=1S/C32H27NO4/c1-3-36-32(34)31-28(14-9-21-37-30-16-8-11-24-10-4-5-12-26(24)30)27-13-6-7-15-29(27)33(31)22-23-17-19-25(35-2)20-18-23/h4-8,10-13,15-20H,3,21-22H2,1-2H3. The van der Waals surface area contributed by atoms with Crippen LogP contribution in [0.15, 0.2) is 91.0 Å². The molecule has 0 spiro atoms. The van der Waals surface area contributed by atoms with Gasteiger partial charge in [-0.05, 0) is 42.1 Å². The second-order valence-corrected chi connectivity index (χ2v) is 8.46. The Morgan fingerprint density at radius 3 is 2.38 bits per heavy atom. The zero-order valence-electron chi connectivity index (χ0n) is 20.9. The van der Waals surface area contributed by atoms with Crippen molar-refractivity contribution in [2.24, 2.45) is 0 Å². The summed E-state index contributed by atoms with van der Waals surface area (Å²) in [6.07, 6.45) is 0. The number of ether oxygens (including phenoxy) is 3. The van der Waals surface area contributed by atoms with E-state index in [-0.39, 0.29) is 13.2 Å². The minimum absolute atomic E-state index is 0.189. The van der Waals surface area contributed by atoms with E-state index in [0.717, 1.165) is 38.7 Å². The molecule has 37 heavy (non-hydrogen) atoms. The van der Waals surface area contributed by atoms with Gasteiger partial charge in [-0.15, -0.1) is 0 Å². The van der Waals surface area contributed by atoms with Crippen molar-refractivity contribution in [3.05, 3.63) is 108 Å². The van der Waals surface area contributed by atoms with E-state index < -0.39 is 5.97 Å². The average molecular weight is 490 g/mol. The molecule has 0 atom stereocenters. The van der Waals surface area contributed by atoms with Gasteiger partial charge >= 0.3 is 5.97 Å². The summed E-state index contributed by atoms with van der Waals surface area (Å²) in [5.41, 5.74) is 3.03. The molecule has 1 heterocycles. The topological polar surface area (TPSA) is 49.7 Å². The smallest absolute Gasteiger partial charge is 0.356 e. The highest BCUT2D eigenvalue weighted by Gasteiger charge is 2.23. The third-order valence-electron chi connectivity index (χ3n) is 6.20. The molecule has 4 aromatic carbocycles. The quantitative estimate of drug-likeness (QED) is 0.195. The first-order chi connectivity index (χ1) is 18.2. The lowest BCUT2D eigenvalue weighted by Crippen LogP contribution is -2.14. The summed E-state index contributed by atoms with van der Waals surface area (Å²) in [6, 6.07) is 29.7. The molecule has 1 aromatic heterocycles. The second-order valence-electron chi connectivity index (χ2n) is 8.46. The van der Waals surface area contributed by atoms with Crippen molar-refractivity contribution in [1.82, 2.24) is 4.57 Å². The van der Waals surface area contributed by atoms with E-state index in [9.17, 15) is 4.79 Å². The average Bonchev–Trinajstić information content (AvgIpc) is 3.25. The summed E-state index contributed by atoms with van der Waals surface area (Å²) < 4.78 is 18.7. The van der Waals surface area contributed by atoms with Crippen LogP contribution in [-0.4, -0.2) is 30.9 Å². The number of hydrogen-bond donors (Lipinski definition) is 0. The van der Waals surface area contributed by atoms with E-state index in [4.69, 9.17) is 14.2 Å². The molecule has 5 heteroatoms. The van der Waals surface area contributed by atoms with Crippen molar-refractivity contribution in [2.45, 2.75) is 13.5 Å². The van der Waals surface area contributed by atoms with Gasteiger partial charge in [0.1, 0.15) is 23.8 Å². The van der Waals surface area contributed by atoms with Gasteiger partial charge in [0.05, 0.1) is 24.8 Å². The molecule has 0 radical (unpaired) electrons. The van der Waals surface area contributed by atoms with Crippen LogP contribution in [0.1, 0.15) is 28.5 Å². The number of hydrogen-bond acceptors (Lipinski definition) is 4. The van der Waals surface area contributed by atoms with Crippen LogP contribution in [0.2, 0.25) is 0 Å². The number of carbonyl (C=O) groups excluding carboxylic acids is 1. The molecule has 0 saturated carbocycles. The largest absolute Gasteiger partial charge is 0.497 e. The van der Waals surface area contributed by atoms with Gasteiger partial charge in [-0.3, -0.25) is 0 Å². The first-order valence-electron chi connectivity index (χ1n) is 12.2. The molecule has 0 aliphatic carbocycles. The normalized spacial score (nSPS) is 10.6. The zero-order valence-corrected chi connectivity index (χ0v) is 20.9. The number of esters is 1. The summed E-state index contributed by atoms with van der Waals surface area (Å²) in [5.74, 6) is 7.51. The Hall–Kier alpha value is -4.69. The van der Waals surface area contributed by atoms with Gasteiger partial charge in [0, 0.05) is 17.3 Å². The Balaban J connectivity index is 1.52. The fraction of sp³-hybridized carbons (Fsp3) is 0.156. The first kappa shape index (κ1) is 24.0. The van der Waals surface area contributed by atoms with Gasteiger partial charge in [-0.1, -0.05) is 78.6 Å². The molecule has 0 saturated heterocycles. The van der Waals surface area contributed by atoms with Gasteiger partial charge < -0.3 is 18.8 Å². The second kappa shape index (κ2) is 10.9. The fourth-order valence-electron chi connectivity index (χ4n) is 4.48. The highest BCUT2D eigenvalue weighted by atomic mass is 16.5. The SMILES string of the molecule is CCOC(=O)c1c(C#CCOc2cccc3ccccc23)c2ccccc2n1Cc1ccc(OC)cc1. The molecule has 0 unspecified atom stereocenters. The van der Waals surface area contributed by atoms with Gasteiger partial charge in [0.25, 0.3) is 0 Å². The van der Waals surface area contributed by atoms with E-state index in [2.05, 4.69) is 24.0 Å². The van der Waals surface area contributed by atoms with Gasteiger partial charge in [-0.2, -0.15) is 0 Å². The molecule has 0 aliphatic rings. The van der Waals surface area contributed by atoms with Crippen LogP contribution in [-0.2, 0) is 11.3 Å². The predicted octanol–water partition coefficient (Wildman–Crippen LogP) is 6.46. The summed E-state index contributed by atoms with van der Waals surface area (Å²) in [7, 11) is 1.64. The Morgan fingerprint density at radius 1 is 0.865 bits per heavy atom. The van der Waals surface area contributed by atoms with E-state index in [1.807, 2.05) is 83.4 Å². The molecule has 5 nitrogen and oxygen atoms in total. The third kappa shape index (κ3) is 5.00. The third-order valence-corrected chi connectivity index (χ3v) is 6.20. The lowest BCUT2D eigenvalue weighted by molar-refractivity contribution is 0.0514. The van der Waals surface area contributed by atoms with Gasteiger partial charge in [0.2, 0.25) is 0 Å². The van der Waals surface area contributed by atoms with Crippen LogP contribution in [0.3, 0.4) is 0 Å². The van der Waals surface area contributed by atoms with Crippen LogP contribution in [0.4, 0.5) is 0 Å². The highest BCUT2D eigenvalue weighted by molar-refractivity contribution is 6.01. The minimum Gasteiger partial charge on any atom is -0.497 e. The van der Waals surface area contributed by atoms with Crippen molar-refractivity contribution in [2.75, 3.05) is 20.3 Å². The molecule has 5 rings (SSSR count). The maximum atomic E-state index is 13.2. The van der Waals surface area contributed by atoms with Crippen molar-refractivity contribution in [3.8, 4) is 23.3 Å². The molecular weight excluding hydrogens is 462 g/mol. The maximum Gasteiger partial charge on any atom is 0.356 e. The maximum absolute atomic E-state index is 13.2. The number of carbonyl (C=O) groups is 1. The lowest BCUT2D eigenvalue weighted by atomic mass is 10.1. The van der Waals surface area contributed by atoms with Crippen molar-refractivity contribution < 1.29 is 19.0 Å². The van der Waals surface area contributed by atoms with Crippen molar-refractivity contribution in [3.63, 3.8) is 0 Å². The van der Waals surface area contributed by atoms with Gasteiger partial charge in [0.15, 0.2) is 0 Å². The molecule has 0 N–H and O–H groups in total. The molecule has 5 aromatic rings. The number of fused-ring (bicyclic) bond motifs is 2. The van der Waals surface area contributed by atoms with Crippen molar-refractivity contribution in [1.29, 1.82) is 0 Å². The number of benzene rings is 4. The van der Waals surface area contributed by atoms with Crippen LogP contribution in [0.25, 0.3) is 21.7 Å². The van der Waals surface area contributed by atoms with E-state index >= 15 is 0 Å². The number of aromatic nitrogens is 1. The van der Waals surface area contributed by atoms with Crippen molar-refractivity contribution >= 4 is 27.6 Å². The Bertz CT molecular complexity index is 1620. The highest BCUT2D eigenvalue weighted by Crippen LogP contribution is 2.28.